The Bertz CT molecular complexity index is 408. The number of hydrogen-bond acceptors (Lipinski definition) is 2. The standard InChI is InChI=1S/C17H28N2/c1-13-6-8-15(9-7-13)16(18)14(2)19-11-5-10-17(3,4)12-19/h6-9,14,16H,5,10-12,18H2,1-4H3. The molecule has 0 spiro atoms. The van der Waals surface area contributed by atoms with E-state index in [1.165, 1.54) is 30.5 Å². The highest BCUT2D eigenvalue weighted by molar-refractivity contribution is 5.24. The smallest absolute Gasteiger partial charge is 0.0450 e. The van der Waals surface area contributed by atoms with E-state index in [1.54, 1.807) is 0 Å². The van der Waals surface area contributed by atoms with E-state index >= 15 is 0 Å². The van der Waals surface area contributed by atoms with Gasteiger partial charge in [0, 0.05) is 18.6 Å². The van der Waals surface area contributed by atoms with Crippen LogP contribution in [0.1, 0.15) is 50.8 Å². The molecule has 0 bridgehead atoms. The molecule has 1 saturated heterocycles. The molecule has 19 heavy (non-hydrogen) atoms. The van der Waals surface area contributed by atoms with Crippen LogP contribution in [0.25, 0.3) is 0 Å². The summed E-state index contributed by atoms with van der Waals surface area (Å²) in [7, 11) is 0. The number of nitrogens with two attached hydrogens (primary N) is 1. The van der Waals surface area contributed by atoms with Crippen molar-refractivity contribution in [1.29, 1.82) is 0 Å². The highest BCUT2D eigenvalue weighted by Gasteiger charge is 2.31. The van der Waals surface area contributed by atoms with Gasteiger partial charge < -0.3 is 5.73 Å². The fourth-order valence-corrected chi connectivity index (χ4v) is 3.11. The summed E-state index contributed by atoms with van der Waals surface area (Å²) < 4.78 is 0. The van der Waals surface area contributed by atoms with Crippen LogP contribution in [0.5, 0.6) is 0 Å². The summed E-state index contributed by atoms with van der Waals surface area (Å²) in [6, 6.07) is 9.16. The molecule has 0 aromatic heterocycles. The van der Waals surface area contributed by atoms with Crippen molar-refractivity contribution in [3.63, 3.8) is 0 Å². The quantitative estimate of drug-likeness (QED) is 0.901. The first-order chi connectivity index (χ1) is 8.89. The van der Waals surface area contributed by atoms with Crippen molar-refractivity contribution < 1.29 is 0 Å². The molecule has 2 unspecified atom stereocenters. The van der Waals surface area contributed by atoms with Gasteiger partial charge >= 0.3 is 0 Å². The molecular formula is C17H28N2. The van der Waals surface area contributed by atoms with Crippen LogP contribution in [0.4, 0.5) is 0 Å². The number of nitrogens with zero attached hydrogens (tertiary/aromatic N) is 1. The van der Waals surface area contributed by atoms with Gasteiger partial charge in [0.05, 0.1) is 0 Å². The molecule has 1 aromatic carbocycles. The third-order valence-corrected chi connectivity index (χ3v) is 4.49. The molecule has 2 N–H and O–H groups in total. The summed E-state index contributed by atoms with van der Waals surface area (Å²) in [5, 5.41) is 0. The van der Waals surface area contributed by atoms with E-state index in [2.05, 4.69) is 56.9 Å². The molecule has 1 aliphatic heterocycles. The van der Waals surface area contributed by atoms with Crippen LogP contribution < -0.4 is 5.73 Å². The second-order valence-electron chi connectivity index (χ2n) is 6.92. The Morgan fingerprint density at radius 2 is 1.84 bits per heavy atom. The molecular weight excluding hydrogens is 232 g/mol. The van der Waals surface area contributed by atoms with Crippen LogP contribution in [-0.2, 0) is 0 Å². The van der Waals surface area contributed by atoms with Gasteiger partial charge in [0.2, 0.25) is 0 Å². The summed E-state index contributed by atoms with van der Waals surface area (Å²) in [5.74, 6) is 0. The van der Waals surface area contributed by atoms with Crippen molar-refractivity contribution in [3.8, 4) is 0 Å². The van der Waals surface area contributed by atoms with Gasteiger partial charge in [-0.05, 0) is 44.2 Å². The molecule has 2 nitrogen and oxygen atoms in total. The summed E-state index contributed by atoms with van der Waals surface area (Å²) >= 11 is 0. The molecule has 0 saturated carbocycles. The van der Waals surface area contributed by atoms with E-state index in [0.29, 0.717) is 11.5 Å². The van der Waals surface area contributed by atoms with Crippen LogP contribution in [0.15, 0.2) is 24.3 Å². The molecule has 1 heterocycles. The zero-order valence-corrected chi connectivity index (χ0v) is 12.8. The van der Waals surface area contributed by atoms with Gasteiger partial charge in [-0.25, -0.2) is 0 Å². The highest BCUT2D eigenvalue weighted by atomic mass is 15.2. The molecule has 0 aliphatic carbocycles. The van der Waals surface area contributed by atoms with E-state index in [4.69, 9.17) is 5.73 Å². The van der Waals surface area contributed by atoms with Crippen LogP contribution in [-0.4, -0.2) is 24.0 Å². The van der Waals surface area contributed by atoms with Crippen molar-refractivity contribution in [1.82, 2.24) is 4.90 Å². The maximum absolute atomic E-state index is 6.47. The maximum Gasteiger partial charge on any atom is 0.0450 e. The molecule has 2 atom stereocenters. The van der Waals surface area contributed by atoms with Gasteiger partial charge in [0.15, 0.2) is 0 Å². The van der Waals surface area contributed by atoms with Crippen molar-refractivity contribution >= 4 is 0 Å². The van der Waals surface area contributed by atoms with E-state index < -0.39 is 0 Å². The first kappa shape index (κ1) is 14.5. The van der Waals surface area contributed by atoms with E-state index in [9.17, 15) is 0 Å². The van der Waals surface area contributed by atoms with Crippen LogP contribution >= 0.6 is 0 Å². The molecule has 1 fully saturated rings. The number of benzene rings is 1. The third kappa shape index (κ3) is 3.58. The molecule has 2 rings (SSSR count). The predicted octanol–water partition coefficient (Wildman–Crippen LogP) is 3.51. The van der Waals surface area contributed by atoms with Gasteiger partial charge in [-0.2, -0.15) is 0 Å². The van der Waals surface area contributed by atoms with Crippen LogP contribution in [0.3, 0.4) is 0 Å². The van der Waals surface area contributed by atoms with Gasteiger partial charge in [0.25, 0.3) is 0 Å². The normalized spacial score (nSPS) is 23.0. The second-order valence-corrected chi connectivity index (χ2v) is 6.92. The lowest BCUT2D eigenvalue weighted by Gasteiger charge is -2.43. The average Bonchev–Trinajstić information content (AvgIpc) is 2.37. The fourth-order valence-electron chi connectivity index (χ4n) is 3.11. The number of piperidine rings is 1. The fraction of sp³-hybridized carbons (Fsp3) is 0.647. The number of hydrogen-bond donors (Lipinski definition) is 1. The first-order valence-electron chi connectivity index (χ1n) is 7.45. The lowest BCUT2D eigenvalue weighted by atomic mass is 9.83. The average molecular weight is 260 g/mol. The zero-order chi connectivity index (χ0) is 14.0. The number of likely N-dealkylation sites (tertiary alicyclic amines) is 1. The molecule has 1 aromatic rings. The van der Waals surface area contributed by atoms with Gasteiger partial charge in [-0.1, -0.05) is 43.7 Å². The molecule has 0 amide bonds. The van der Waals surface area contributed by atoms with Crippen LogP contribution in [0, 0.1) is 12.3 Å². The topological polar surface area (TPSA) is 29.3 Å². The first-order valence-corrected chi connectivity index (χ1v) is 7.45. The Kier molecular flexibility index (Phi) is 4.32. The van der Waals surface area contributed by atoms with Crippen molar-refractivity contribution in [2.24, 2.45) is 11.1 Å². The monoisotopic (exact) mass is 260 g/mol. The van der Waals surface area contributed by atoms with Gasteiger partial charge in [0.1, 0.15) is 0 Å². The summed E-state index contributed by atoms with van der Waals surface area (Å²) in [6.07, 6.45) is 2.62. The SMILES string of the molecule is Cc1ccc(C(N)C(C)N2CCCC(C)(C)C2)cc1. The highest BCUT2D eigenvalue weighted by Crippen LogP contribution is 2.31. The van der Waals surface area contributed by atoms with Crippen LogP contribution in [0.2, 0.25) is 0 Å². The molecule has 1 aliphatic rings. The lowest BCUT2D eigenvalue weighted by Crippen LogP contribution is -2.48. The largest absolute Gasteiger partial charge is 0.323 e. The summed E-state index contributed by atoms with van der Waals surface area (Å²) in [6.45, 7) is 11.5. The Morgan fingerprint density at radius 1 is 1.21 bits per heavy atom. The Balaban J connectivity index is 2.06. The minimum absolute atomic E-state index is 0.106. The number of aryl methyl sites for hydroxylation is 1. The lowest BCUT2D eigenvalue weighted by molar-refractivity contribution is 0.0741. The Morgan fingerprint density at radius 3 is 2.42 bits per heavy atom. The Labute approximate surface area is 118 Å². The summed E-state index contributed by atoms with van der Waals surface area (Å²) in [5.41, 5.74) is 9.44. The minimum atomic E-state index is 0.106. The van der Waals surface area contributed by atoms with E-state index in [0.717, 1.165) is 6.54 Å². The van der Waals surface area contributed by atoms with E-state index in [1.807, 2.05) is 0 Å². The zero-order valence-electron chi connectivity index (χ0n) is 12.8. The molecule has 0 radical (unpaired) electrons. The van der Waals surface area contributed by atoms with Crippen molar-refractivity contribution in [3.05, 3.63) is 35.4 Å². The maximum atomic E-state index is 6.47. The van der Waals surface area contributed by atoms with E-state index in [-0.39, 0.29) is 6.04 Å². The van der Waals surface area contributed by atoms with Crippen molar-refractivity contribution in [2.45, 2.75) is 52.6 Å². The predicted molar refractivity (Wildman–Crippen MR) is 82.2 cm³/mol. The molecule has 2 heteroatoms. The minimum Gasteiger partial charge on any atom is -0.323 e. The second kappa shape index (κ2) is 5.64. The third-order valence-electron chi connectivity index (χ3n) is 4.49. The number of rotatable bonds is 3. The van der Waals surface area contributed by atoms with Gasteiger partial charge in [-0.3, -0.25) is 4.90 Å². The van der Waals surface area contributed by atoms with Crippen molar-refractivity contribution in [2.75, 3.05) is 13.1 Å². The van der Waals surface area contributed by atoms with Gasteiger partial charge in [-0.15, -0.1) is 0 Å². The summed E-state index contributed by atoms with van der Waals surface area (Å²) in [4.78, 5) is 2.56. The molecule has 106 valence electrons. The Hall–Kier alpha value is -0.860.